The number of amides is 2. The van der Waals surface area contributed by atoms with Gasteiger partial charge in [0.15, 0.2) is 0 Å². The number of isocyanates is 1. The lowest BCUT2D eigenvalue weighted by atomic mass is 9.60. The first kappa shape index (κ1) is 36.4. The Morgan fingerprint density at radius 3 is 1.77 bits per heavy atom. The van der Waals surface area contributed by atoms with Crippen molar-refractivity contribution in [2.45, 2.75) is 106 Å². The molecular formula is C32H54N4O7. The molecule has 43 heavy (non-hydrogen) atoms. The van der Waals surface area contributed by atoms with Gasteiger partial charge in [-0.1, -0.05) is 41.5 Å². The average Bonchev–Trinajstić information content (AvgIpc) is 2.86. The summed E-state index contributed by atoms with van der Waals surface area (Å²) in [6.45, 7) is 18.7. The molecule has 244 valence electrons. The van der Waals surface area contributed by atoms with Crippen LogP contribution in [0.25, 0.3) is 0 Å². The lowest BCUT2D eigenvalue weighted by Gasteiger charge is -2.46. The Hall–Kier alpha value is -2.83. The highest BCUT2D eigenvalue weighted by Crippen LogP contribution is 2.49. The maximum atomic E-state index is 12.4. The van der Waals surface area contributed by atoms with Crippen LogP contribution in [0.5, 0.6) is 0 Å². The molecule has 0 radical (unpaired) electrons. The second-order valence-electron chi connectivity index (χ2n) is 15.4. The Morgan fingerprint density at radius 1 is 0.837 bits per heavy atom. The fourth-order valence-corrected chi connectivity index (χ4v) is 8.02. The topological polar surface area (TPSA) is 148 Å². The van der Waals surface area contributed by atoms with Gasteiger partial charge in [0.1, 0.15) is 18.8 Å². The van der Waals surface area contributed by atoms with Gasteiger partial charge >= 0.3 is 12.2 Å². The number of nitrogens with zero attached hydrogens (tertiary/aromatic N) is 2. The van der Waals surface area contributed by atoms with Crippen LogP contribution < -0.4 is 10.6 Å². The molecule has 0 aromatic carbocycles. The van der Waals surface area contributed by atoms with E-state index in [4.69, 9.17) is 24.2 Å². The standard InChI is InChI=1S/C32H54N4O7/c1-23(42-27(38)35-13-25-9-29(3,4)17-31(7,11-25)19-34-22-37)15-40-16-24(2)43-28(39)36-14-26-10-30(5,6)18-32(8,12-26)20-41-21-33/h23-26H,9-20H2,1-8H3,(H,35,38)(H,36,39). The number of nitrogens with one attached hydrogen (secondary N) is 2. The molecule has 0 aromatic rings. The first-order chi connectivity index (χ1) is 20.0. The van der Waals surface area contributed by atoms with Crippen molar-refractivity contribution in [3.8, 4) is 6.26 Å². The molecule has 2 saturated carbocycles. The fraction of sp³-hybridized carbons (Fsp3) is 0.875. The predicted octanol–water partition coefficient (Wildman–Crippen LogP) is 5.73. The first-order valence-corrected chi connectivity index (χ1v) is 15.5. The van der Waals surface area contributed by atoms with E-state index in [-0.39, 0.29) is 46.7 Å². The molecule has 0 aromatic heterocycles. The number of aliphatic imine (C=N–C) groups is 1. The Labute approximate surface area is 257 Å². The summed E-state index contributed by atoms with van der Waals surface area (Å²) in [5.74, 6) is 0.510. The number of hydrogen-bond donors (Lipinski definition) is 2. The largest absolute Gasteiger partial charge is 0.444 e. The number of ether oxygens (including phenoxy) is 4. The molecule has 2 fully saturated rings. The Kier molecular flexibility index (Phi) is 13.3. The van der Waals surface area contributed by atoms with Crippen LogP contribution in [0.3, 0.4) is 0 Å². The van der Waals surface area contributed by atoms with E-state index < -0.39 is 24.4 Å². The molecule has 2 aliphatic carbocycles. The summed E-state index contributed by atoms with van der Waals surface area (Å²) in [6.07, 6.45) is 7.03. The summed E-state index contributed by atoms with van der Waals surface area (Å²) in [6, 6.07) is 0. The Bertz CT molecular complexity index is 1020. The second kappa shape index (κ2) is 15.8. The van der Waals surface area contributed by atoms with Crippen LogP contribution in [0, 0.1) is 45.0 Å². The van der Waals surface area contributed by atoms with Crippen molar-refractivity contribution in [2.75, 3.05) is 39.5 Å². The molecular weight excluding hydrogens is 552 g/mol. The quantitative estimate of drug-likeness (QED) is 0.145. The average molecular weight is 607 g/mol. The van der Waals surface area contributed by atoms with Crippen molar-refractivity contribution in [3.05, 3.63) is 0 Å². The smallest absolute Gasteiger partial charge is 0.407 e. The van der Waals surface area contributed by atoms with Crippen LogP contribution in [-0.4, -0.2) is 69.9 Å². The zero-order valence-corrected chi connectivity index (χ0v) is 27.5. The summed E-state index contributed by atoms with van der Waals surface area (Å²) in [7, 11) is 0. The van der Waals surface area contributed by atoms with Crippen LogP contribution in [0.2, 0.25) is 0 Å². The molecule has 11 heteroatoms. The lowest BCUT2D eigenvalue weighted by Crippen LogP contribution is -2.43. The van der Waals surface area contributed by atoms with Gasteiger partial charge in [0.05, 0.1) is 19.8 Å². The van der Waals surface area contributed by atoms with Gasteiger partial charge in [0.2, 0.25) is 6.08 Å². The molecule has 0 spiro atoms. The molecule has 0 bridgehead atoms. The molecule has 11 nitrogen and oxygen atoms in total. The van der Waals surface area contributed by atoms with E-state index in [1.54, 1.807) is 26.2 Å². The summed E-state index contributed by atoms with van der Waals surface area (Å²) in [5, 5.41) is 14.6. The molecule has 2 rings (SSSR count). The zero-order valence-electron chi connectivity index (χ0n) is 27.5. The van der Waals surface area contributed by atoms with Crippen LogP contribution in [-0.2, 0) is 23.7 Å². The van der Waals surface area contributed by atoms with E-state index in [1.165, 1.54) is 0 Å². The van der Waals surface area contributed by atoms with Crippen molar-refractivity contribution in [1.29, 1.82) is 5.26 Å². The predicted molar refractivity (Wildman–Crippen MR) is 162 cm³/mol. The third kappa shape index (κ3) is 13.6. The van der Waals surface area contributed by atoms with Crippen molar-refractivity contribution in [3.63, 3.8) is 0 Å². The van der Waals surface area contributed by atoms with Crippen LogP contribution in [0.1, 0.15) is 93.9 Å². The van der Waals surface area contributed by atoms with Gasteiger partial charge in [0, 0.05) is 18.5 Å². The van der Waals surface area contributed by atoms with E-state index in [9.17, 15) is 14.4 Å². The van der Waals surface area contributed by atoms with Gasteiger partial charge in [-0.05, 0) is 80.5 Å². The molecule has 2 aliphatic rings. The van der Waals surface area contributed by atoms with Gasteiger partial charge in [-0.3, -0.25) is 0 Å². The van der Waals surface area contributed by atoms with Gasteiger partial charge in [-0.25, -0.2) is 19.4 Å². The number of carbonyl (C=O) groups is 2. The summed E-state index contributed by atoms with van der Waals surface area (Å²) >= 11 is 0. The minimum absolute atomic E-state index is 0.0836. The first-order valence-electron chi connectivity index (χ1n) is 15.5. The van der Waals surface area contributed by atoms with E-state index in [0.717, 1.165) is 38.5 Å². The number of nitriles is 1. The second-order valence-corrected chi connectivity index (χ2v) is 15.4. The van der Waals surface area contributed by atoms with Crippen LogP contribution in [0.4, 0.5) is 9.59 Å². The van der Waals surface area contributed by atoms with Crippen LogP contribution in [0.15, 0.2) is 4.99 Å². The van der Waals surface area contributed by atoms with E-state index in [0.29, 0.717) is 26.2 Å². The lowest BCUT2D eigenvalue weighted by molar-refractivity contribution is -0.0120. The highest BCUT2D eigenvalue weighted by atomic mass is 16.6. The van der Waals surface area contributed by atoms with E-state index >= 15 is 0 Å². The Morgan fingerprint density at radius 2 is 1.30 bits per heavy atom. The summed E-state index contributed by atoms with van der Waals surface area (Å²) in [4.78, 5) is 39.3. The minimum atomic E-state index is -0.503. The number of rotatable bonds is 14. The number of alkyl carbamates (subject to hydrolysis) is 2. The van der Waals surface area contributed by atoms with Gasteiger partial charge in [-0.2, -0.15) is 5.26 Å². The van der Waals surface area contributed by atoms with Gasteiger partial charge in [0.25, 0.3) is 6.26 Å². The maximum absolute atomic E-state index is 12.4. The highest BCUT2D eigenvalue weighted by molar-refractivity contribution is 5.67. The monoisotopic (exact) mass is 606 g/mol. The summed E-state index contributed by atoms with van der Waals surface area (Å²) in [5.41, 5.74) is -0.0543. The van der Waals surface area contributed by atoms with Crippen LogP contribution >= 0.6 is 0 Å². The zero-order chi connectivity index (χ0) is 32.3. The van der Waals surface area contributed by atoms with Crippen molar-refractivity contribution < 1.29 is 33.3 Å². The molecule has 6 unspecified atom stereocenters. The molecule has 0 saturated heterocycles. The third-order valence-corrected chi connectivity index (χ3v) is 8.46. The fourth-order valence-electron chi connectivity index (χ4n) is 8.02. The molecule has 2 N–H and O–H groups in total. The normalized spacial score (nSPS) is 29.1. The third-order valence-electron chi connectivity index (χ3n) is 8.46. The Balaban J connectivity index is 1.66. The van der Waals surface area contributed by atoms with E-state index in [1.807, 2.05) is 0 Å². The molecule has 0 heterocycles. The highest BCUT2D eigenvalue weighted by Gasteiger charge is 2.42. The van der Waals surface area contributed by atoms with Gasteiger partial charge < -0.3 is 29.6 Å². The number of carbonyl (C=O) groups excluding carboxylic acids is 3. The molecule has 6 atom stereocenters. The maximum Gasteiger partial charge on any atom is 0.407 e. The van der Waals surface area contributed by atoms with E-state index in [2.05, 4.69) is 57.2 Å². The van der Waals surface area contributed by atoms with Crippen molar-refractivity contribution in [1.82, 2.24) is 10.6 Å². The van der Waals surface area contributed by atoms with Crippen molar-refractivity contribution >= 4 is 18.3 Å². The summed E-state index contributed by atoms with van der Waals surface area (Å²) < 4.78 is 21.6. The molecule has 0 aliphatic heterocycles. The van der Waals surface area contributed by atoms with Crippen molar-refractivity contribution in [2.24, 2.45) is 38.5 Å². The number of hydrogen-bond acceptors (Lipinski definition) is 9. The minimum Gasteiger partial charge on any atom is -0.444 e. The van der Waals surface area contributed by atoms with Gasteiger partial charge in [-0.15, -0.1) is 0 Å². The molecule has 2 amide bonds. The SMILES string of the molecule is CC(COCC(C)OC(=O)NCC1CC(C)(C)CC(C)(COC#N)C1)OC(=O)NCC1CC(C)(C)CC(C)(CN=C=O)C1.